The quantitative estimate of drug-likeness (QED) is 0.504. The largest absolute Gasteiger partial charge is 0.462 e. The van der Waals surface area contributed by atoms with Gasteiger partial charge in [0.15, 0.2) is 0 Å². The Labute approximate surface area is 139 Å². The van der Waals surface area contributed by atoms with E-state index >= 15 is 0 Å². The summed E-state index contributed by atoms with van der Waals surface area (Å²) in [5, 5.41) is 2.15. The smallest absolute Gasteiger partial charge is 0.338 e. The minimum absolute atomic E-state index is 0.275. The van der Waals surface area contributed by atoms with Gasteiger partial charge >= 0.3 is 5.97 Å². The maximum absolute atomic E-state index is 11.6. The highest BCUT2D eigenvalue weighted by Gasteiger charge is 2.06. The lowest BCUT2D eigenvalue weighted by Gasteiger charge is -2.05. The van der Waals surface area contributed by atoms with Gasteiger partial charge < -0.3 is 4.74 Å². The van der Waals surface area contributed by atoms with Crippen molar-refractivity contribution in [2.24, 2.45) is 0 Å². The average molecular weight is 323 g/mol. The molecule has 0 fully saturated rings. The first-order chi connectivity index (χ1) is 11.3. The van der Waals surface area contributed by atoms with Crippen LogP contribution in [0.15, 0.2) is 65.7 Å². The van der Waals surface area contributed by atoms with Crippen LogP contribution < -0.4 is 0 Å². The number of hydrogen-bond acceptors (Lipinski definition) is 4. The van der Waals surface area contributed by atoms with Crippen molar-refractivity contribution in [1.82, 2.24) is 4.98 Å². The van der Waals surface area contributed by atoms with E-state index in [2.05, 4.69) is 17.1 Å². The van der Waals surface area contributed by atoms with E-state index in [4.69, 9.17) is 4.74 Å². The molecule has 0 bridgehead atoms. The Balaban J connectivity index is 1.66. The number of carbonyl (C=O) groups is 1. The third-order valence-electron chi connectivity index (χ3n) is 3.42. The minimum atomic E-state index is -0.275. The molecule has 3 rings (SSSR count). The van der Waals surface area contributed by atoms with Gasteiger partial charge in [-0.25, -0.2) is 9.78 Å². The fraction of sp³-hybridized carbons (Fsp3) is 0.158. The minimum Gasteiger partial charge on any atom is -0.462 e. The number of carbonyl (C=O) groups excluding carboxylic acids is 1. The van der Waals surface area contributed by atoms with Gasteiger partial charge in [0.25, 0.3) is 0 Å². The molecule has 0 unspecified atom stereocenters. The highest BCUT2D eigenvalue weighted by atomic mass is 32.2. The summed E-state index contributed by atoms with van der Waals surface area (Å²) < 4.78 is 4.98. The van der Waals surface area contributed by atoms with Crippen molar-refractivity contribution in [3.63, 3.8) is 0 Å². The molecule has 1 aromatic heterocycles. The summed E-state index contributed by atoms with van der Waals surface area (Å²) in [5.41, 5.74) is 2.75. The van der Waals surface area contributed by atoms with Gasteiger partial charge in [-0.3, -0.25) is 0 Å². The molecular formula is C19H17NO2S. The monoisotopic (exact) mass is 323 g/mol. The van der Waals surface area contributed by atoms with Crippen LogP contribution in [0.25, 0.3) is 10.9 Å². The third kappa shape index (κ3) is 3.90. The molecule has 0 saturated heterocycles. The predicted molar refractivity (Wildman–Crippen MR) is 93.7 cm³/mol. The fourth-order valence-corrected chi connectivity index (χ4v) is 3.07. The van der Waals surface area contributed by atoms with Crippen molar-refractivity contribution in [3.8, 4) is 0 Å². The highest BCUT2D eigenvalue weighted by molar-refractivity contribution is 7.98. The Morgan fingerprint density at radius 1 is 1.04 bits per heavy atom. The summed E-state index contributed by atoms with van der Waals surface area (Å²) in [5.74, 6) is 0.539. The van der Waals surface area contributed by atoms with Gasteiger partial charge in [0.2, 0.25) is 0 Å². The number of esters is 1. The number of rotatable bonds is 5. The van der Waals surface area contributed by atoms with Crippen molar-refractivity contribution < 1.29 is 9.53 Å². The molecule has 0 radical (unpaired) electrons. The summed E-state index contributed by atoms with van der Waals surface area (Å²) in [7, 11) is 0. The van der Waals surface area contributed by atoms with Gasteiger partial charge in [-0.05, 0) is 36.8 Å². The predicted octanol–water partition coefficient (Wildman–Crippen LogP) is 4.70. The Morgan fingerprint density at radius 3 is 2.61 bits per heavy atom. The van der Waals surface area contributed by atoms with Crippen molar-refractivity contribution in [1.29, 1.82) is 0 Å². The van der Waals surface area contributed by atoms with E-state index in [0.29, 0.717) is 12.2 Å². The lowest BCUT2D eigenvalue weighted by molar-refractivity contribution is 0.0526. The zero-order valence-corrected chi connectivity index (χ0v) is 13.7. The SMILES string of the molecule is CCOC(=O)c1ccc(CSc2ccc3ccccc3n2)cc1. The van der Waals surface area contributed by atoms with Crippen LogP contribution in [0.4, 0.5) is 0 Å². The molecule has 0 aliphatic rings. The Hall–Kier alpha value is -2.33. The van der Waals surface area contributed by atoms with Crippen LogP contribution in [0.5, 0.6) is 0 Å². The lowest BCUT2D eigenvalue weighted by Crippen LogP contribution is -2.04. The van der Waals surface area contributed by atoms with E-state index in [1.165, 1.54) is 0 Å². The fourth-order valence-electron chi connectivity index (χ4n) is 2.24. The molecule has 4 heteroatoms. The molecule has 23 heavy (non-hydrogen) atoms. The molecule has 1 heterocycles. The normalized spacial score (nSPS) is 10.7. The second-order valence-corrected chi connectivity index (χ2v) is 6.04. The first-order valence-electron chi connectivity index (χ1n) is 7.51. The standard InChI is InChI=1S/C19H17NO2S/c1-2-22-19(21)16-9-7-14(8-10-16)13-23-18-12-11-15-5-3-4-6-17(15)20-18/h3-12H,2,13H2,1H3. The van der Waals surface area contributed by atoms with Crippen LogP contribution >= 0.6 is 11.8 Å². The highest BCUT2D eigenvalue weighted by Crippen LogP contribution is 2.23. The molecule has 0 N–H and O–H groups in total. The maximum Gasteiger partial charge on any atom is 0.338 e. The Kier molecular flexibility index (Phi) is 4.93. The molecule has 3 aromatic rings. The van der Waals surface area contributed by atoms with Gasteiger partial charge in [0.1, 0.15) is 0 Å². The van der Waals surface area contributed by atoms with Crippen LogP contribution in [-0.4, -0.2) is 17.6 Å². The number of thioether (sulfide) groups is 1. The summed E-state index contributed by atoms with van der Waals surface area (Å²) >= 11 is 1.69. The summed E-state index contributed by atoms with van der Waals surface area (Å²) in [6, 6.07) is 19.8. The summed E-state index contributed by atoms with van der Waals surface area (Å²) in [6.07, 6.45) is 0. The number of hydrogen-bond donors (Lipinski definition) is 0. The van der Waals surface area contributed by atoms with Gasteiger partial charge in [-0.1, -0.05) is 36.4 Å². The zero-order valence-electron chi connectivity index (χ0n) is 12.9. The molecule has 2 aromatic carbocycles. The van der Waals surface area contributed by atoms with Crippen molar-refractivity contribution >= 4 is 28.6 Å². The molecule has 116 valence electrons. The van der Waals surface area contributed by atoms with Crippen LogP contribution in [-0.2, 0) is 10.5 Å². The molecule has 3 nitrogen and oxygen atoms in total. The van der Waals surface area contributed by atoms with Gasteiger partial charge in [0.05, 0.1) is 22.7 Å². The van der Waals surface area contributed by atoms with E-state index < -0.39 is 0 Å². The van der Waals surface area contributed by atoms with E-state index in [1.54, 1.807) is 18.7 Å². The van der Waals surface area contributed by atoms with Crippen LogP contribution in [0.3, 0.4) is 0 Å². The Morgan fingerprint density at radius 2 is 1.83 bits per heavy atom. The number of ether oxygens (including phenoxy) is 1. The number of aromatic nitrogens is 1. The Bertz CT molecular complexity index is 815. The number of nitrogens with zero attached hydrogens (tertiary/aromatic N) is 1. The first-order valence-corrected chi connectivity index (χ1v) is 8.49. The molecule has 0 aliphatic heterocycles. The number of fused-ring (bicyclic) bond motifs is 1. The van der Waals surface area contributed by atoms with E-state index in [-0.39, 0.29) is 5.97 Å². The zero-order chi connectivity index (χ0) is 16.1. The third-order valence-corrected chi connectivity index (χ3v) is 4.43. The van der Waals surface area contributed by atoms with Gasteiger partial charge in [-0.15, -0.1) is 11.8 Å². The van der Waals surface area contributed by atoms with Crippen LogP contribution in [0, 0.1) is 0 Å². The topological polar surface area (TPSA) is 39.2 Å². The van der Waals surface area contributed by atoms with E-state index in [1.807, 2.05) is 48.5 Å². The molecule has 0 amide bonds. The second kappa shape index (κ2) is 7.29. The van der Waals surface area contributed by atoms with Crippen LogP contribution in [0.2, 0.25) is 0 Å². The van der Waals surface area contributed by atoms with E-state index in [0.717, 1.165) is 27.2 Å². The number of para-hydroxylation sites is 1. The van der Waals surface area contributed by atoms with Crippen molar-refractivity contribution in [2.75, 3.05) is 6.61 Å². The number of pyridine rings is 1. The molecule has 0 aliphatic carbocycles. The maximum atomic E-state index is 11.6. The molecule has 0 spiro atoms. The van der Waals surface area contributed by atoms with E-state index in [9.17, 15) is 4.79 Å². The van der Waals surface area contributed by atoms with Gasteiger partial charge in [0, 0.05) is 11.1 Å². The average Bonchev–Trinajstić information content (AvgIpc) is 2.60. The second-order valence-electron chi connectivity index (χ2n) is 5.05. The molecular weight excluding hydrogens is 306 g/mol. The molecule has 0 atom stereocenters. The molecule has 0 saturated carbocycles. The lowest BCUT2D eigenvalue weighted by atomic mass is 10.1. The van der Waals surface area contributed by atoms with Crippen molar-refractivity contribution in [2.45, 2.75) is 17.7 Å². The van der Waals surface area contributed by atoms with Gasteiger partial charge in [-0.2, -0.15) is 0 Å². The van der Waals surface area contributed by atoms with Crippen molar-refractivity contribution in [3.05, 3.63) is 71.8 Å². The summed E-state index contributed by atoms with van der Waals surface area (Å²) in [4.78, 5) is 16.3. The first kappa shape index (κ1) is 15.6. The number of benzene rings is 2. The van der Waals surface area contributed by atoms with Crippen LogP contribution in [0.1, 0.15) is 22.8 Å². The summed E-state index contributed by atoms with van der Waals surface area (Å²) in [6.45, 7) is 2.20.